The first-order valence-electron chi connectivity index (χ1n) is 6.83. The number of rotatable bonds is 2. The number of aliphatic hydroxyl groups excluding tert-OH is 1. The van der Waals surface area contributed by atoms with E-state index in [0.717, 1.165) is 45.4 Å². The van der Waals surface area contributed by atoms with Gasteiger partial charge in [0.25, 0.3) is 0 Å². The molecule has 0 saturated carbocycles. The van der Waals surface area contributed by atoms with Gasteiger partial charge in [-0.15, -0.1) is 0 Å². The van der Waals surface area contributed by atoms with E-state index in [0.29, 0.717) is 12.3 Å². The minimum Gasteiger partial charge on any atom is -0.393 e. The summed E-state index contributed by atoms with van der Waals surface area (Å²) < 4.78 is 0. The predicted octanol–water partition coefficient (Wildman–Crippen LogP) is 0.605. The van der Waals surface area contributed by atoms with Crippen LogP contribution in [0.15, 0.2) is 0 Å². The van der Waals surface area contributed by atoms with Crippen molar-refractivity contribution in [3.63, 3.8) is 0 Å². The smallest absolute Gasteiger partial charge is 0.222 e. The van der Waals surface area contributed by atoms with Gasteiger partial charge in [-0.1, -0.05) is 6.92 Å². The molecule has 0 aromatic heterocycles. The Balaban J connectivity index is 1.79. The Bertz CT molecular complexity index is 264. The molecule has 2 heterocycles. The molecule has 0 aromatic rings. The third-order valence-electron chi connectivity index (χ3n) is 4.13. The molecule has 2 aliphatic rings. The maximum absolute atomic E-state index is 12.1. The maximum atomic E-state index is 12.1. The molecule has 1 amide bonds. The molecule has 2 saturated heterocycles. The monoisotopic (exact) mass is 240 g/mol. The molecule has 4 heteroatoms. The Hall–Kier alpha value is -0.610. The summed E-state index contributed by atoms with van der Waals surface area (Å²) in [5.41, 5.74) is 0. The second kappa shape index (κ2) is 5.83. The molecule has 17 heavy (non-hydrogen) atoms. The first-order valence-corrected chi connectivity index (χ1v) is 6.83. The number of nitrogens with one attached hydrogen (secondary N) is 1. The van der Waals surface area contributed by atoms with E-state index in [1.807, 2.05) is 11.8 Å². The van der Waals surface area contributed by atoms with Gasteiger partial charge in [0.2, 0.25) is 5.91 Å². The summed E-state index contributed by atoms with van der Waals surface area (Å²) in [6, 6.07) is 0. The zero-order valence-corrected chi connectivity index (χ0v) is 10.7. The average Bonchev–Trinajstić information content (AvgIpc) is 2.34. The third kappa shape index (κ3) is 3.42. The van der Waals surface area contributed by atoms with Crippen LogP contribution in [-0.4, -0.2) is 48.2 Å². The highest BCUT2D eigenvalue weighted by Gasteiger charge is 2.28. The molecule has 0 spiro atoms. The number of amides is 1. The third-order valence-corrected chi connectivity index (χ3v) is 4.13. The zero-order valence-electron chi connectivity index (χ0n) is 10.7. The minimum absolute atomic E-state index is 0.223. The van der Waals surface area contributed by atoms with Crippen molar-refractivity contribution < 1.29 is 9.90 Å². The standard InChI is InChI=1S/C13H24N2O2/c1-10-9-15(7-4-12(10)16)13(17)8-11-2-5-14-6-3-11/h10-12,14,16H,2-9H2,1H3/t10-,12+/m1/s1. The molecule has 2 aliphatic heterocycles. The highest BCUT2D eigenvalue weighted by Crippen LogP contribution is 2.21. The van der Waals surface area contributed by atoms with Crippen LogP contribution in [0.5, 0.6) is 0 Å². The fourth-order valence-electron chi connectivity index (χ4n) is 2.82. The van der Waals surface area contributed by atoms with Crippen LogP contribution in [0.4, 0.5) is 0 Å². The van der Waals surface area contributed by atoms with E-state index in [2.05, 4.69) is 5.32 Å². The Morgan fingerprint density at radius 1 is 1.35 bits per heavy atom. The highest BCUT2D eigenvalue weighted by atomic mass is 16.3. The van der Waals surface area contributed by atoms with E-state index < -0.39 is 0 Å². The highest BCUT2D eigenvalue weighted by molar-refractivity contribution is 5.76. The first-order chi connectivity index (χ1) is 8.16. The summed E-state index contributed by atoms with van der Waals surface area (Å²) in [5.74, 6) is 1.07. The molecule has 2 atom stereocenters. The minimum atomic E-state index is -0.224. The Labute approximate surface area is 103 Å². The summed E-state index contributed by atoms with van der Waals surface area (Å²) in [4.78, 5) is 14.1. The first kappa shape index (κ1) is 12.8. The molecule has 2 N–H and O–H groups in total. The van der Waals surface area contributed by atoms with E-state index in [9.17, 15) is 9.90 Å². The molecule has 2 rings (SSSR count). The quantitative estimate of drug-likeness (QED) is 0.743. The van der Waals surface area contributed by atoms with E-state index in [4.69, 9.17) is 0 Å². The van der Waals surface area contributed by atoms with Gasteiger partial charge in [-0.3, -0.25) is 4.79 Å². The number of aliphatic hydroxyl groups is 1. The van der Waals surface area contributed by atoms with Crippen molar-refractivity contribution in [1.82, 2.24) is 10.2 Å². The van der Waals surface area contributed by atoms with E-state index in [1.165, 1.54) is 0 Å². The molecule has 0 aliphatic carbocycles. The van der Waals surface area contributed by atoms with Crippen molar-refractivity contribution in [2.75, 3.05) is 26.2 Å². The van der Waals surface area contributed by atoms with E-state index in [-0.39, 0.29) is 17.9 Å². The SMILES string of the molecule is C[C@@H]1CN(C(=O)CC2CCNCC2)CC[C@@H]1O. The number of carbonyl (C=O) groups excluding carboxylic acids is 1. The van der Waals surface area contributed by atoms with Crippen molar-refractivity contribution in [1.29, 1.82) is 0 Å². The van der Waals surface area contributed by atoms with Crippen LogP contribution in [0.1, 0.15) is 32.6 Å². The van der Waals surface area contributed by atoms with Crippen molar-refractivity contribution in [2.45, 2.75) is 38.7 Å². The van der Waals surface area contributed by atoms with Crippen LogP contribution >= 0.6 is 0 Å². The number of carbonyl (C=O) groups is 1. The second-order valence-electron chi connectivity index (χ2n) is 5.57. The average molecular weight is 240 g/mol. The van der Waals surface area contributed by atoms with Crippen LogP contribution in [0.25, 0.3) is 0 Å². The predicted molar refractivity (Wildman–Crippen MR) is 66.6 cm³/mol. The lowest BCUT2D eigenvalue weighted by atomic mass is 9.92. The molecule has 4 nitrogen and oxygen atoms in total. The number of hydrogen-bond donors (Lipinski definition) is 2. The van der Waals surface area contributed by atoms with Crippen LogP contribution in [0.2, 0.25) is 0 Å². The van der Waals surface area contributed by atoms with Crippen molar-refractivity contribution >= 4 is 5.91 Å². The van der Waals surface area contributed by atoms with Crippen molar-refractivity contribution in [3.8, 4) is 0 Å². The molecule has 0 bridgehead atoms. The molecule has 98 valence electrons. The van der Waals surface area contributed by atoms with Crippen LogP contribution in [0, 0.1) is 11.8 Å². The molecular weight excluding hydrogens is 216 g/mol. The lowest BCUT2D eigenvalue weighted by Crippen LogP contribution is -2.45. The molecule has 0 aromatic carbocycles. The number of piperidine rings is 2. The lowest BCUT2D eigenvalue weighted by molar-refractivity contribution is -0.135. The van der Waals surface area contributed by atoms with Gasteiger partial charge in [0.1, 0.15) is 0 Å². The summed E-state index contributed by atoms with van der Waals surface area (Å²) in [7, 11) is 0. The molecule has 0 radical (unpaired) electrons. The summed E-state index contributed by atoms with van der Waals surface area (Å²) >= 11 is 0. The number of nitrogens with zero attached hydrogens (tertiary/aromatic N) is 1. The molecular formula is C13H24N2O2. The Morgan fingerprint density at radius 2 is 2.06 bits per heavy atom. The second-order valence-corrected chi connectivity index (χ2v) is 5.57. The van der Waals surface area contributed by atoms with Crippen molar-refractivity contribution in [2.24, 2.45) is 11.8 Å². The molecule has 0 unspecified atom stereocenters. The van der Waals surface area contributed by atoms with Crippen LogP contribution in [-0.2, 0) is 4.79 Å². The fraction of sp³-hybridized carbons (Fsp3) is 0.923. The molecule has 2 fully saturated rings. The van der Waals surface area contributed by atoms with Gasteiger partial charge >= 0.3 is 0 Å². The Morgan fingerprint density at radius 3 is 2.71 bits per heavy atom. The maximum Gasteiger partial charge on any atom is 0.222 e. The van der Waals surface area contributed by atoms with Gasteiger partial charge in [-0.05, 0) is 44.2 Å². The van der Waals surface area contributed by atoms with Gasteiger partial charge in [0.05, 0.1) is 6.10 Å². The summed E-state index contributed by atoms with van der Waals surface area (Å²) in [5, 5.41) is 13.0. The lowest BCUT2D eigenvalue weighted by Gasteiger charge is -2.35. The largest absolute Gasteiger partial charge is 0.393 e. The Kier molecular flexibility index (Phi) is 4.40. The summed E-state index contributed by atoms with van der Waals surface area (Å²) in [6.07, 6.45) is 3.46. The van der Waals surface area contributed by atoms with Gasteiger partial charge in [-0.2, -0.15) is 0 Å². The summed E-state index contributed by atoms with van der Waals surface area (Å²) in [6.45, 7) is 5.58. The van der Waals surface area contributed by atoms with Crippen LogP contribution < -0.4 is 5.32 Å². The normalized spacial score (nSPS) is 31.5. The zero-order chi connectivity index (χ0) is 12.3. The van der Waals surface area contributed by atoms with Gasteiger partial charge in [0, 0.05) is 19.5 Å². The van der Waals surface area contributed by atoms with Crippen LogP contribution in [0.3, 0.4) is 0 Å². The van der Waals surface area contributed by atoms with Gasteiger partial charge in [0.15, 0.2) is 0 Å². The number of hydrogen-bond acceptors (Lipinski definition) is 3. The van der Waals surface area contributed by atoms with E-state index >= 15 is 0 Å². The van der Waals surface area contributed by atoms with Crippen molar-refractivity contribution in [3.05, 3.63) is 0 Å². The van der Waals surface area contributed by atoms with Gasteiger partial charge in [-0.25, -0.2) is 0 Å². The number of likely N-dealkylation sites (tertiary alicyclic amines) is 1. The fourth-order valence-corrected chi connectivity index (χ4v) is 2.82. The van der Waals surface area contributed by atoms with Gasteiger partial charge < -0.3 is 15.3 Å². The van der Waals surface area contributed by atoms with E-state index in [1.54, 1.807) is 0 Å². The topological polar surface area (TPSA) is 52.6 Å².